The molecule has 0 unspecified atom stereocenters. The van der Waals surface area contributed by atoms with E-state index < -0.39 is 0 Å². The van der Waals surface area contributed by atoms with Gasteiger partial charge in [0.05, 0.1) is 32.6 Å². The number of benzene rings is 3. The summed E-state index contributed by atoms with van der Waals surface area (Å²) in [6.45, 7) is 5.63. The molecule has 6 rings (SSSR count). The van der Waals surface area contributed by atoms with E-state index in [4.69, 9.17) is 14.5 Å². The molecule has 2 fully saturated rings. The van der Waals surface area contributed by atoms with Gasteiger partial charge in [0.15, 0.2) is 0 Å². The third-order valence-electron chi connectivity index (χ3n) is 6.37. The maximum absolute atomic E-state index is 5.50. The van der Waals surface area contributed by atoms with Crippen molar-refractivity contribution in [3.63, 3.8) is 0 Å². The van der Waals surface area contributed by atoms with Crippen LogP contribution < -0.4 is 15.2 Å². The summed E-state index contributed by atoms with van der Waals surface area (Å²) in [7, 11) is 0. The molecule has 3 aromatic carbocycles. The molecule has 2 aliphatic rings. The number of hydrogen-bond donors (Lipinski definition) is 1. The van der Waals surface area contributed by atoms with E-state index in [0.29, 0.717) is 44.3 Å². The summed E-state index contributed by atoms with van der Waals surface area (Å²) < 4.78 is 11.0. The van der Waals surface area contributed by atoms with Gasteiger partial charge in [0.1, 0.15) is 0 Å². The lowest BCUT2D eigenvalue weighted by atomic mass is 9.97. The predicted molar refractivity (Wildman–Crippen MR) is 139 cm³/mol. The van der Waals surface area contributed by atoms with Crippen molar-refractivity contribution in [2.75, 3.05) is 67.8 Å². The number of anilines is 3. The van der Waals surface area contributed by atoms with Gasteiger partial charge in [-0.25, -0.2) is 5.43 Å². The monoisotopic (exact) mass is 469 g/mol. The van der Waals surface area contributed by atoms with Gasteiger partial charge in [-0.2, -0.15) is 20.1 Å². The zero-order valence-electron chi connectivity index (χ0n) is 19.4. The van der Waals surface area contributed by atoms with Gasteiger partial charge in [0.2, 0.25) is 17.8 Å². The van der Waals surface area contributed by atoms with Crippen molar-refractivity contribution < 1.29 is 9.47 Å². The molecule has 2 saturated heterocycles. The minimum Gasteiger partial charge on any atom is -0.378 e. The summed E-state index contributed by atoms with van der Waals surface area (Å²) in [5, 5.41) is 9.22. The Morgan fingerprint density at radius 1 is 0.714 bits per heavy atom. The Kier molecular flexibility index (Phi) is 6.08. The average Bonchev–Trinajstić information content (AvgIpc) is 2.93. The first-order chi connectivity index (χ1) is 17.3. The molecule has 0 amide bonds. The summed E-state index contributed by atoms with van der Waals surface area (Å²) in [6.07, 6.45) is 1.86. The number of nitrogens with one attached hydrogen (secondary N) is 1. The maximum atomic E-state index is 5.50. The number of nitrogens with zero attached hydrogens (tertiary/aromatic N) is 6. The molecule has 178 valence electrons. The van der Waals surface area contributed by atoms with E-state index >= 15 is 0 Å². The van der Waals surface area contributed by atoms with Crippen LogP contribution in [-0.4, -0.2) is 73.8 Å². The molecular formula is C26H27N7O2. The van der Waals surface area contributed by atoms with E-state index in [1.165, 1.54) is 10.8 Å². The molecule has 0 bridgehead atoms. The zero-order chi connectivity index (χ0) is 23.5. The molecule has 9 heteroatoms. The molecule has 0 saturated carbocycles. The Bertz CT molecular complexity index is 1270. The number of fused-ring (bicyclic) bond motifs is 2. The number of hydrogen-bond acceptors (Lipinski definition) is 9. The molecule has 35 heavy (non-hydrogen) atoms. The lowest BCUT2D eigenvalue weighted by Gasteiger charge is -2.30. The van der Waals surface area contributed by atoms with Crippen LogP contribution in [0.15, 0.2) is 59.7 Å². The van der Waals surface area contributed by atoms with Crippen LogP contribution in [0, 0.1) is 0 Å². The first-order valence-corrected chi connectivity index (χ1v) is 12.0. The van der Waals surface area contributed by atoms with Crippen LogP contribution in [0.3, 0.4) is 0 Å². The fourth-order valence-corrected chi connectivity index (χ4v) is 4.56. The number of ether oxygens (including phenoxy) is 2. The fourth-order valence-electron chi connectivity index (χ4n) is 4.56. The standard InChI is InChI=1S/C26H27N7O2/c1-3-7-21-19(5-1)17-20-6-2-4-8-22(20)23(21)18-27-31-24-28-25(32-9-13-34-14-10-32)30-26(29-24)33-11-15-35-16-12-33/h1-8,17-18H,9-16H2,(H,28,29,30,31). The van der Waals surface area contributed by atoms with E-state index in [1.807, 2.05) is 6.21 Å². The second-order valence-electron chi connectivity index (χ2n) is 8.56. The van der Waals surface area contributed by atoms with Crippen LogP contribution in [0.25, 0.3) is 21.5 Å². The SMILES string of the molecule is C(=NNc1nc(N2CCOCC2)nc(N2CCOCC2)n1)c1c2ccccc2cc2ccccc12. The predicted octanol–water partition coefficient (Wildman–Crippen LogP) is 3.30. The highest BCUT2D eigenvalue weighted by Gasteiger charge is 2.20. The summed E-state index contributed by atoms with van der Waals surface area (Å²) >= 11 is 0. The normalized spacial score (nSPS) is 16.9. The van der Waals surface area contributed by atoms with Gasteiger partial charge in [0.25, 0.3) is 0 Å². The highest BCUT2D eigenvalue weighted by atomic mass is 16.5. The lowest BCUT2D eigenvalue weighted by Crippen LogP contribution is -2.40. The van der Waals surface area contributed by atoms with Crippen LogP contribution in [0.2, 0.25) is 0 Å². The number of morpholine rings is 2. The number of rotatable bonds is 5. The molecule has 2 aliphatic heterocycles. The summed E-state index contributed by atoms with van der Waals surface area (Å²) in [6, 6.07) is 18.9. The molecule has 1 aromatic heterocycles. The van der Waals surface area contributed by atoms with Crippen molar-refractivity contribution in [3.05, 3.63) is 60.2 Å². The molecule has 0 atom stereocenters. The summed E-state index contributed by atoms with van der Waals surface area (Å²) in [5.41, 5.74) is 4.13. The first-order valence-electron chi connectivity index (χ1n) is 12.0. The van der Waals surface area contributed by atoms with Crippen molar-refractivity contribution in [2.24, 2.45) is 5.10 Å². The summed E-state index contributed by atoms with van der Waals surface area (Å²) in [4.78, 5) is 18.4. The Morgan fingerprint density at radius 3 is 1.77 bits per heavy atom. The molecule has 3 heterocycles. The van der Waals surface area contributed by atoms with Gasteiger partial charge in [0, 0.05) is 31.7 Å². The lowest BCUT2D eigenvalue weighted by molar-refractivity contribution is 0.121. The zero-order valence-corrected chi connectivity index (χ0v) is 19.4. The second kappa shape index (κ2) is 9.81. The van der Waals surface area contributed by atoms with Gasteiger partial charge in [-0.15, -0.1) is 0 Å². The third-order valence-corrected chi connectivity index (χ3v) is 6.37. The van der Waals surface area contributed by atoms with E-state index in [-0.39, 0.29) is 0 Å². The van der Waals surface area contributed by atoms with Gasteiger partial charge < -0.3 is 19.3 Å². The molecular weight excluding hydrogens is 442 g/mol. The molecule has 1 N–H and O–H groups in total. The van der Waals surface area contributed by atoms with Gasteiger partial charge in [-0.1, -0.05) is 48.5 Å². The van der Waals surface area contributed by atoms with Gasteiger partial charge in [-0.05, 0) is 27.6 Å². The second-order valence-corrected chi connectivity index (χ2v) is 8.56. The molecule has 0 aliphatic carbocycles. The van der Waals surface area contributed by atoms with Gasteiger partial charge in [-0.3, -0.25) is 0 Å². The molecule has 0 spiro atoms. The Morgan fingerprint density at radius 2 is 1.23 bits per heavy atom. The highest BCUT2D eigenvalue weighted by Crippen LogP contribution is 2.27. The number of hydrazone groups is 1. The largest absolute Gasteiger partial charge is 0.378 e. The molecule has 0 radical (unpaired) electrons. The highest BCUT2D eigenvalue weighted by molar-refractivity contribution is 6.13. The van der Waals surface area contributed by atoms with Crippen molar-refractivity contribution in [1.29, 1.82) is 0 Å². The van der Waals surface area contributed by atoms with Crippen molar-refractivity contribution in [2.45, 2.75) is 0 Å². The van der Waals surface area contributed by atoms with Crippen LogP contribution in [-0.2, 0) is 9.47 Å². The van der Waals surface area contributed by atoms with Crippen LogP contribution in [0.1, 0.15) is 5.56 Å². The minimum absolute atomic E-state index is 0.420. The summed E-state index contributed by atoms with van der Waals surface area (Å²) in [5.74, 6) is 1.69. The van der Waals surface area contributed by atoms with E-state index in [9.17, 15) is 0 Å². The third kappa shape index (κ3) is 4.60. The van der Waals surface area contributed by atoms with Crippen molar-refractivity contribution in [1.82, 2.24) is 15.0 Å². The maximum Gasteiger partial charge on any atom is 0.250 e. The first kappa shape index (κ1) is 21.7. The molecule has 9 nitrogen and oxygen atoms in total. The fraction of sp³-hybridized carbons (Fsp3) is 0.308. The molecule has 4 aromatic rings. The van der Waals surface area contributed by atoms with Crippen LogP contribution in [0.5, 0.6) is 0 Å². The van der Waals surface area contributed by atoms with Crippen LogP contribution in [0.4, 0.5) is 17.8 Å². The van der Waals surface area contributed by atoms with E-state index in [0.717, 1.165) is 42.5 Å². The van der Waals surface area contributed by atoms with Crippen molar-refractivity contribution in [3.8, 4) is 0 Å². The van der Waals surface area contributed by atoms with Crippen LogP contribution >= 0.6 is 0 Å². The Hall–Kier alpha value is -3.82. The Labute approximate surface area is 203 Å². The van der Waals surface area contributed by atoms with E-state index in [1.54, 1.807) is 0 Å². The minimum atomic E-state index is 0.420. The topological polar surface area (TPSA) is 88.0 Å². The Balaban J connectivity index is 1.34. The average molecular weight is 470 g/mol. The number of aromatic nitrogens is 3. The van der Waals surface area contributed by atoms with Crippen molar-refractivity contribution >= 4 is 45.6 Å². The van der Waals surface area contributed by atoms with E-state index in [2.05, 4.69) is 84.9 Å². The smallest absolute Gasteiger partial charge is 0.250 e. The quantitative estimate of drug-likeness (QED) is 0.271. The van der Waals surface area contributed by atoms with Gasteiger partial charge >= 0.3 is 0 Å².